The van der Waals surface area contributed by atoms with E-state index in [-0.39, 0.29) is 17.3 Å². The number of hydrogen-bond donors (Lipinski definition) is 2. The van der Waals surface area contributed by atoms with Crippen LogP contribution >= 0.6 is 34.7 Å². The van der Waals surface area contributed by atoms with Crippen LogP contribution in [0.1, 0.15) is 16.4 Å². The Hall–Kier alpha value is -3.75. The maximum Gasteiger partial charge on any atom is 0.308 e. The first-order chi connectivity index (χ1) is 20.0. The molecular formula is C28H21ClN4O6S3. The van der Waals surface area contributed by atoms with E-state index in [0.717, 1.165) is 28.7 Å². The number of carbonyl (C=O) groups is 3. The minimum Gasteiger partial charge on any atom is -0.325 e. The third-order valence-corrected chi connectivity index (χ3v) is 10.8. The number of imide groups is 1. The zero-order valence-corrected chi connectivity index (χ0v) is 24.7. The summed E-state index contributed by atoms with van der Waals surface area (Å²) in [6.07, 6.45) is 0. The summed E-state index contributed by atoms with van der Waals surface area (Å²) in [5.41, 5.74) is 1.50. The van der Waals surface area contributed by atoms with Crippen molar-refractivity contribution in [2.75, 3.05) is 10.2 Å². The number of carbonyl (C=O) groups excluding carboxylic acids is 3. The SMILES string of the molecule is NS(=O)(=O)c1ccc(NC(=O)Cn2c3c(sc2=O)[C@@H](c2ccccc2)[C@@H]2C(=O)N(c4ccc(Cl)cc4)C(=O)[C@@H]2S3)cc1. The minimum atomic E-state index is -3.89. The number of anilines is 2. The summed E-state index contributed by atoms with van der Waals surface area (Å²) in [5, 5.41) is 7.89. The number of amides is 3. The number of sulfonamides is 1. The van der Waals surface area contributed by atoms with Crippen molar-refractivity contribution in [3.63, 3.8) is 0 Å². The van der Waals surface area contributed by atoms with Gasteiger partial charge in [-0.15, -0.1) is 0 Å². The fourth-order valence-electron chi connectivity index (χ4n) is 5.19. The van der Waals surface area contributed by atoms with E-state index < -0.39 is 43.8 Å². The first kappa shape index (κ1) is 28.4. The first-order valence-corrected chi connectivity index (χ1v) is 16.2. The second-order valence-electron chi connectivity index (χ2n) is 9.68. The molecule has 0 aliphatic carbocycles. The highest BCUT2D eigenvalue weighted by atomic mass is 35.5. The Kier molecular flexibility index (Phi) is 7.31. The molecule has 2 aliphatic heterocycles. The highest BCUT2D eigenvalue weighted by molar-refractivity contribution is 8.00. The van der Waals surface area contributed by atoms with Gasteiger partial charge in [-0.3, -0.25) is 23.7 Å². The lowest BCUT2D eigenvalue weighted by molar-refractivity contribution is -0.122. The van der Waals surface area contributed by atoms with E-state index in [1.165, 1.54) is 33.7 Å². The third-order valence-electron chi connectivity index (χ3n) is 7.06. The van der Waals surface area contributed by atoms with Gasteiger partial charge in [0, 0.05) is 21.5 Å². The molecular weight excluding hydrogens is 620 g/mol. The summed E-state index contributed by atoms with van der Waals surface area (Å²) in [5.74, 6) is -2.64. The second-order valence-corrected chi connectivity index (χ2v) is 13.8. The lowest BCUT2D eigenvalue weighted by Gasteiger charge is -2.30. The Balaban J connectivity index is 1.35. The Morgan fingerprint density at radius 3 is 2.24 bits per heavy atom. The van der Waals surface area contributed by atoms with Crippen LogP contribution in [0.25, 0.3) is 0 Å². The normalized spacial score (nSPS) is 19.9. The summed E-state index contributed by atoms with van der Waals surface area (Å²) in [7, 11) is -3.89. The lowest BCUT2D eigenvalue weighted by atomic mass is 9.83. The van der Waals surface area contributed by atoms with Gasteiger partial charge in [-0.2, -0.15) is 0 Å². The van der Waals surface area contributed by atoms with E-state index in [4.69, 9.17) is 16.7 Å². The number of halogens is 1. The molecule has 3 atom stereocenters. The zero-order valence-electron chi connectivity index (χ0n) is 21.5. The minimum absolute atomic E-state index is 0.107. The monoisotopic (exact) mass is 640 g/mol. The van der Waals surface area contributed by atoms with Crippen LogP contribution in [-0.2, 0) is 31.0 Å². The predicted octanol–water partition coefficient (Wildman–Crippen LogP) is 3.65. The number of rotatable bonds is 6. The molecule has 0 saturated carbocycles. The van der Waals surface area contributed by atoms with Gasteiger partial charge in [-0.1, -0.05) is 65.0 Å². The van der Waals surface area contributed by atoms with Crippen molar-refractivity contribution in [3.8, 4) is 0 Å². The molecule has 3 amide bonds. The molecule has 4 aromatic rings. The van der Waals surface area contributed by atoms with Crippen LogP contribution < -0.4 is 20.2 Å². The maximum atomic E-state index is 13.9. The van der Waals surface area contributed by atoms with Gasteiger partial charge in [0.25, 0.3) is 0 Å². The second kappa shape index (κ2) is 10.8. The van der Waals surface area contributed by atoms with Gasteiger partial charge in [-0.05, 0) is 54.1 Å². The Labute approximate surface area is 253 Å². The Morgan fingerprint density at radius 2 is 1.60 bits per heavy atom. The number of nitrogens with zero attached hydrogens (tertiary/aromatic N) is 2. The van der Waals surface area contributed by atoms with Gasteiger partial charge >= 0.3 is 4.87 Å². The molecule has 3 aromatic carbocycles. The van der Waals surface area contributed by atoms with E-state index in [2.05, 4.69) is 5.32 Å². The van der Waals surface area contributed by atoms with Crippen LogP contribution in [0.4, 0.5) is 11.4 Å². The third kappa shape index (κ3) is 5.07. The first-order valence-electron chi connectivity index (χ1n) is 12.5. The Bertz CT molecular complexity index is 1890. The van der Waals surface area contributed by atoms with Crippen LogP contribution in [-0.4, -0.2) is 36.0 Å². The highest BCUT2D eigenvalue weighted by Gasteiger charge is 2.56. The molecule has 3 N–H and O–H groups in total. The largest absolute Gasteiger partial charge is 0.325 e. The van der Waals surface area contributed by atoms with E-state index >= 15 is 0 Å². The van der Waals surface area contributed by atoms with E-state index in [9.17, 15) is 27.6 Å². The van der Waals surface area contributed by atoms with Crippen LogP contribution in [0.15, 0.2) is 93.6 Å². The number of hydrogen-bond acceptors (Lipinski definition) is 8. The topological polar surface area (TPSA) is 149 Å². The molecule has 1 saturated heterocycles. The quantitative estimate of drug-likeness (QED) is 0.306. The molecule has 10 nitrogen and oxygen atoms in total. The van der Waals surface area contributed by atoms with Crippen LogP contribution in [0, 0.1) is 5.92 Å². The van der Waals surface area contributed by atoms with Crippen molar-refractivity contribution < 1.29 is 22.8 Å². The molecule has 14 heteroatoms. The molecule has 0 spiro atoms. The van der Waals surface area contributed by atoms with Gasteiger partial charge in [0.1, 0.15) is 11.8 Å². The molecule has 3 heterocycles. The number of primary sulfonamides is 1. The zero-order chi connectivity index (χ0) is 29.8. The van der Waals surface area contributed by atoms with Crippen molar-refractivity contribution >= 4 is 73.8 Å². The predicted molar refractivity (Wildman–Crippen MR) is 160 cm³/mol. The van der Waals surface area contributed by atoms with Gasteiger partial charge in [0.15, 0.2) is 0 Å². The average Bonchev–Trinajstić information content (AvgIpc) is 3.40. The summed E-state index contributed by atoms with van der Waals surface area (Å²) in [6.45, 7) is -0.351. The summed E-state index contributed by atoms with van der Waals surface area (Å²) in [6, 6.07) is 21.0. The summed E-state index contributed by atoms with van der Waals surface area (Å²) >= 11 is 8.09. The Morgan fingerprint density at radius 1 is 0.929 bits per heavy atom. The van der Waals surface area contributed by atoms with Gasteiger partial charge in [0.05, 0.1) is 21.5 Å². The van der Waals surface area contributed by atoms with Crippen molar-refractivity contribution in [1.29, 1.82) is 0 Å². The fraction of sp³-hybridized carbons (Fsp3) is 0.143. The number of nitrogens with two attached hydrogens (primary N) is 1. The number of benzene rings is 3. The van der Waals surface area contributed by atoms with Crippen molar-refractivity contribution in [3.05, 3.63) is 104 Å². The maximum absolute atomic E-state index is 13.9. The molecule has 6 rings (SSSR count). The van der Waals surface area contributed by atoms with Crippen molar-refractivity contribution in [2.45, 2.75) is 27.6 Å². The molecule has 2 aliphatic rings. The lowest BCUT2D eigenvalue weighted by Crippen LogP contribution is -2.33. The molecule has 0 bridgehead atoms. The molecule has 0 radical (unpaired) electrons. The van der Waals surface area contributed by atoms with E-state index in [1.807, 2.05) is 30.3 Å². The highest BCUT2D eigenvalue weighted by Crippen LogP contribution is 2.53. The van der Waals surface area contributed by atoms with Gasteiger partial charge in [0.2, 0.25) is 27.7 Å². The van der Waals surface area contributed by atoms with Crippen molar-refractivity contribution in [2.24, 2.45) is 11.1 Å². The molecule has 1 aromatic heterocycles. The van der Waals surface area contributed by atoms with E-state index in [0.29, 0.717) is 26.3 Å². The number of aromatic nitrogens is 1. The van der Waals surface area contributed by atoms with Gasteiger partial charge in [-0.25, -0.2) is 18.5 Å². The number of nitrogens with one attached hydrogen (secondary N) is 1. The molecule has 0 unspecified atom stereocenters. The van der Waals surface area contributed by atoms with Crippen LogP contribution in [0.2, 0.25) is 5.02 Å². The van der Waals surface area contributed by atoms with E-state index in [1.54, 1.807) is 24.3 Å². The van der Waals surface area contributed by atoms with Crippen molar-refractivity contribution in [1.82, 2.24) is 4.57 Å². The van der Waals surface area contributed by atoms with Crippen LogP contribution in [0.5, 0.6) is 0 Å². The summed E-state index contributed by atoms with van der Waals surface area (Å²) < 4.78 is 24.3. The standard InChI is InChI=1S/C28H21ClN4O6S3/c29-16-6-10-18(11-7-16)33-25(35)22-21(15-4-2-1-3-5-15)24-27(40-23(22)26(33)36)32(28(37)41-24)14-20(34)31-17-8-12-19(13-9-17)42(30,38)39/h1-13,21-23H,14H2,(H,31,34)(H2,30,38,39)/t21-,22-,23+/m0/s1. The average molecular weight is 641 g/mol. The number of fused-ring (bicyclic) bond motifs is 2. The van der Waals surface area contributed by atoms with Crippen LogP contribution in [0.3, 0.4) is 0 Å². The van der Waals surface area contributed by atoms with Gasteiger partial charge < -0.3 is 5.32 Å². The smallest absolute Gasteiger partial charge is 0.308 e. The molecule has 214 valence electrons. The fourth-order valence-corrected chi connectivity index (χ4v) is 8.61. The molecule has 1 fully saturated rings. The number of thioether (sulfide) groups is 1. The number of thiazole rings is 1. The molecule has 42 heavy (non-hydrogen) atoms. The summed E-state index contributed by atoms with van der Waals surface area (Å²) in [4.78, 5) is 55.1.